The van der Waals surface area contributed by atoms with Crippen LogP contribution in [0.3, 0.4) is 0 Å². The van der Waals surface area contributed by atoms with Gasteiger partial charge in [0.1, 0.15) is 24.3 Å². The molecule has 0 N–H and O–H groups in total. The van der Waals surface area contributed by atoms with Crippen molar-refractivity contribution in [2.75, 3.05) is 6.61 Å². The lowest BCUT2D eigenvalue weighted by Gasteiger charge is -2.08. The zero-order valence-electron chi connectivity index (χ0n) is 19.1. The predicted octanol–water partition coefficient (Wildman–Crippen LogP) is 5.43. The molecule has 7 heteroatoms. The first-order chi connectivity index (χ1) is 16.7. The lowest BCUT2D eigenvalue weighted by Crippen LogP contribution is -2.13. The van der Waals surface area contributed by atoms with Gasteiger partial charge in [0.05, 0.1) is 6.61 Å². The third kappa shape index (κ3) is 6.45. The number of imidazole rings is 1. The number of rotatable bonds is 11. The summed E-state index contributed by atoms with van der Waals surface area (Å²) in [5, 5.41) is 0. The van der Waals surface area contributed by atoms with E-state index in [2.05, 4.69) is 9.97 Å². The van der Waals surface area contributed by atoms with E-state index >= 15 is 0 Å². The Morgan fingerprint density at radius 3 is 2.71 bits per heavy atom. The van der Waals surface area contributed by atoms with E-state index in [0.29, 0.717) is 31.5 Å². The molecule has 0 unspecified atom stereocenters. The number of hydrogen-bond donors (Lipinski definition) is 0. The Kier molecular flexibility index (Phi) is 7.90. The lowest BCUT2D eigenvalue weighted by molar-refractivity contribution is 0.0506. The van der Waals surface area contributed by atoms with Crippen LogP contribution in [0, 0.1) is 0 Å². The second-order valence-electron chi connectivity index (χ2n) is 7.62. The number of benzene rings is 2. The second kappa shape index (κ2) is 11.7. The van der Waals surface area contributed by atoms with Gasteiger partial charge in [-0.1, -0.05) is 42.5 Å². The highest BCUT2D eigenvalue weighted by atomic mass is 16.5. The first-order valence-corrected chi connectivity index (χ1v) is 11.3. The van der Waals surface area contributed by atoms with Gasteiger partial charge in [0, 0.05) is 25.0 Å². The van der Waals surface area contributed by atoms with Gasteiger partial charge in [-0.15, -0.1) is 0 Å². The van der Waals surface area contributed by atoms with Gasteiger partial charge in [0.25, 0.3) is 0 Å². The molecule has 2 heterocycles. The predicted molar refractivity (Wildman–Crippen MR) is 129 cm³/mol. The first-order valence-electron chi connectivity index (χ1n) is 11.3. The molecule has 0 aliphatic carbocycles. The molecule has 174 valence electrons. The van der Waals surface area contributed by atoms with Crippen LogP contribution >= 0.6 is 0 Å². The molecule has 2 aromatic heterocycles. The SMILES string of the molecule is CCOC(=O)c1nccn1CCCc1ccc(OCc2coc(C=Cc3ccccc3)n2)cc1. The molecule has 34 heavy (non-hydrogen) atoms. The summed E-state index contributed by atoms with van der Waals surface area (Å²) in [6, 6.07) is 18.0. The van der Waals surface area contributed by atoms with Crippen molar-refractivity contribution in [3.05, 3.63) is 102 Å². The van der Waals surface area contributed by atoms with Gasteiger partial charge in [0.2, 0.25) is 11.7 Å². The van der Waals surface area contributed by atoms with Gasteiger partial charge in [-0.05, 0) is 49.1 Å². The Balaban J connectivity index is 1.22. The van der Waals surface area contributed by atoms with Crippen LogP contribution in [0.4, 0.5) is 0 Å². The molecule has 0 saturated heterocycles. The Morgan fingerprint density at radius 2 is 1.91 bits per heavy atom. The Labute approximate surface area is 198 Å². The lowest BCUT2D eigenvalue weighted by atomic mass is 10.1. The second-order valence-corrected chi connectivity index (χ2v) is 7.62. The van der Waals surface area contributed by atoms with Crippen molar-refractivity contribution < 1.29 is 18.7 Å². The summed E-state index contributed by atoms with van der Waals surface area (Å²) >= 11 is 0. The van der Waals surface area contributed by atoms with Crippen molar-refractivity contribution in [3.8, 4) is 5.75 Å². The summed E-state index contributed by atoms with van der Waals surface area (Å²) in [4.78, 5) is 20.5. The van der Waals surface area contributed by atoms with Crippen LogP contribution in [0.25, 0.3) is 12.2 Å². The van der Waals surface area contributed by atoms with E-state index in [1.165, 1.54) is 5.56 Å². The van der Waals surface area contributed by atoms with Crippen molar-refractivity contribution in [1.29, 1.82) is 0 Å². The normalized spacial score (nSPS) is 11.1. The highest BCUT2D eigenvalue weighted by Crippen LogP contribution is 2.16. The first kappa shape index (κ1) is 23.0. The maximum atomic E-state index is 11.9. The third-order valence-corrected chi connectivity index (χ3v) is 5.14. The fraction of sp³-hybridized carbons (Fsp3) is 0.222. The number of ether oxygens (including phenoxy) is 2. The highest BCUT2D eigenvalue weighted by molar-refractivity contribution is 5.85. The number of oxazole rings is 1. The average molecular weight is 458 g/mol. The number of aromatic nitrogens is 3. The molecule has 0 radical (unpaired) electrons. The number of nitrogens with zero attached hydrogens (tertiary/aromatic N) is 3. The monoisotopic (exact) mass is 457 g/mol. The van der Waals surface area contributed by atoms with Crippen molar-refractivity contribution in [2.24, 2.45) is 0 Å². The Bertz CT molecular complexity index is 1210. The summed E-state index contributed by atoms with van der Waals surface area (Å²) in [6.07, 6.45) is 10.6. The van der Waals surface area contributed by atoms with Gasteiger partial charge in [-0.2, -0.15) is 0 Å². The number of esters is 1. The third-order valence-electron chi connectivity index (χ3n) is 5.14. The molecule has 0 amide bonds. The fourth-order valence-electron chi connectivity index (χ4n) is 3.44. The van der Waals surface area contributed by atoms with Gasteiger partial charge in [-0.3, -0.25) is 0 Å². The fourth-order valence-corrected chi connectivity index (χ4v) is 3.44. The molecule has 7 nitrogen and oxygen atoms in total. The maximum Gasteiger partial charge on any atom is 0.374 e. The zero-order valence-corrected chi connectivity index (χ0v) is 19.1. The number of aryl methyl sites for hydroxylation is 2. The van der Waals surface area contributed by atoms with Gasteiger partial charge < -0.3 is 18.5 Å². The molecule has 0 aliphatic rings. The van der Waals surface area contributed by atoms with E-state index in [4.69, 9.17) is 13.9 Å². The van der Waals surface area contributed by atoms with Gasteiger partial charge in [-0.25, -0.2) is 14.8 Å². The van der Waals surface area contributed by atoms with E-state index in [9.17, 15) is 4.79 Å². The minimum atomic E-state index is -0.388. The van der Waals surface area contributed by atoms with Crippen molar-refractivity contribution >= 4 is 18.1 Å². The molecular formula is C27H27N3O4. The molecule has 0 aliphatic heterocycles. The Morgan fingerprint density at radius 1 is 1.09 bits per heavy atom. The van der Waals surface area contributed by atoms with Gasteiger partial charge >= 0.3 is 5.97 Å². The molecule has 2 aromatic carbocycles. The van der Waals surface area contributed by atoms with Crippen LogP contribution in [0.1, 0.15) is 46.7 Å². The van der Waals surface area contributed by atoms with E-state index < -0.39 is 0 Å². The van der Waals surface area contributed by atoms with E-state index in [0.717, 1.165) is 29.8 Å². The largest absolute Gasteiger partial charge is 0.487 e. The van der Waals surface area contributed by atoms with Crippen LogP contribution < -0.4 is 4.74 Å². The van der Waals surface area contributed by atoms with Crippen LogP contribution in [-0.2, 0) is 24.3 Å². The minimum Gasteiger partial charge on any atom is -0.487 e. The summed E-state index contributed by atoms with van der Waals surface area (Å²) < 4.78 is 18.2. The standard InChI is InChI=1S/C27H27N3O4/c1-2-32-27(31)26-28-16-18-30(26)17-6-9-22-10-13-24(14-11-22)33-19-23-20-34-25(29-23)15-12-21-7-4-3-5-8-21/h3-5,7-8,10-16,18,20H,2,6,9,17,19H2,1H3. The summed E-state index contributed by atoms with van der Waals surface area (Å²) in [6.45, 7) is 3.15. The van der Waals surface area contributed by atoms with E-state index in [1.54, 1.807) is 25.6 Å². The number of hydrogen-bond acceptors (Lipinski definition) is 6. The van der Waals surface area contributed by atoms with Crippen LogP contribution in [0.5, 0.6) is 5.75 Å². The van der Waals surface area contributed by atoms with E-state index in [1.807, 2.05) is 71.3 Å². The molecule has 4 rings (SSSR count). The highest BCUT2D eigenvalue weighted by Gasteiger charge is 2.13. The maximum absolute atomic E-state index is 11.9. The molecule has 0 fully saturated rings. The van der Waals surface area contributed by atoms with E-state index in [-0.39, 0.29) is 5.97 Å². The topological polar surface area (TPSA) is 79.4 Å². The molecule has 0 saturated carbocycles. The van der Waals surface area contributed by atoms with Crippen molar-refractivity contribution in [1.82, 2.24) is 14.5 Å². The smallest absolute Gasteiger partial charge is 0.374 e. The summed E-state index contributed by atoms with van der Waals surface area (Å²) in [5.74, 6) is 1.27. The number of carbonyl (C=O) groups is 1. The van der Waals surface area contributed by atoms with Crippen LogP contribution in [0.2, 0.25) is 0 Å². The molecule has 0 spiro atoms. The summed E-state index contributed by atoms with van der Waals surface area (Å²) in [5.41, 5.74) is 3.01. The van der Waals surface area contributed by atoms with Crippen LogP contribution in [0.15, 0.2) is 77.7 Å². The van der Waals surface area contributed by atoms with Crippen molar-refractivity contribution in [2.45, 2.75) is 32.9 Å². The van der Waals surface area contributed by atoms with Crippen LogP contribution in [-0.4, -0.2) is 27.1 Å². The molecule has 4 aromatic rings. The molecule has 0 atom stereocenters. The zero-order chi connectivity index (χ0) is 23.6. The summed E-state index contributed by atoms with van der Waals surface area (Å²) in [7, 11) is 0. The molecule has 0 bridgehead atoms. The Hall–Kier alpha value is -4.13. The van der Waals surface area contributed by atoms with Crippen molar-refractivity contribution in [3.63, 3.8) is 0 Å². The average Bonchev–Trinajstić information content (AvgIpc) is 3.53. The minimum absolute atomic E-state index is 0.333. The van der Waals surface area contributed by atoms with Gasteiger partial charge in [0.15, 0.2) is 0 Å². The molecular weight excluding hydrogens is 430 g/mol. The number of carbonyl (C=O) groups excluding carboxylic acids is 1. The quantitative estimate of drug-likeness (QED) is 0.280.